The van der Waals surface area contributed by atoms with E-state index in [2.05, 4.69) is 5.32 Å². The van der Waals surface area contributed by atoms with Gasteiger partial charge in [-0.3, -0.25) is 4.79 Å². The molecule has 0 aromatic carbocycles. The van der Waals surface area contributed by atoms with Crippen LogP contribution in [0.2, 0.25) is 0 Å². The number of nitrogens with zero attached hydrogens (tertiary/aromatic N) is 1. The minimum absolute atomic E-state index is 0.166. The summed E-state index contributed by atoms with van der Waals surface area (Å²) in [5, 5.41) is 3.61. The molecule has 4 heteroatoms. The van der Waals surface area contributed by atoms with Crippen LogP contribution in [-0.2, 0) is 4.79 Å². The number of likely N-dealkylation sites (tertiary alicyclic amines) is 1. The molecule has 1 heterocycles. The number of nitrogens with one attached hydrogen (secondary N) is 1. The molecular weight excluding hydrogens is 262 g/mol. The van der Waals surface area contributed by atoms with Crippen molar-refractivity contribution in [3.8, 4) is 0 Å². The molecule has 3 N–H and O–H groups in total. The summed E-state index contributed by atoms with van der Waals surface area (Å²) < 4.78 is 0. The summed E-state index contributed by atoms with van der Waals surface area (Å²) in [7, 11) is 0. The van der Waals surface area contributed by atoms with Crippen LogP contribution >= 0.6 is 0 Å². The molecule has 3 aliphatic rings. The van der Waals surface area contributed by atoms with Gasteiger partial charge in [0.15, 0.2) is 0 Å². The number of nitrogens with two attached hydrogens (primary N) is 1. The number of piperidine rings is 1. The Kier molecular flexibility index (Phi) is 5.17. The SMILES string of the molecule is NCC(CC(=O)N1CCCCC1)NCC(C1CC1)C1CC1. The van der Waals surface area contributed by atoms with E-state index < -0.39 is 0 Å². The van der Waals surface area contributed by atoms with Crippen molar-refractivity contribution in [1.29, 1.82) is 0 Å². The standard InChI is InChI=1S/C17H31N3O/c18-11-15(10-17(21)20-8-2-1-3-9-20)19-12-16(13-4-5-13)14-6-7-14/h13-16,19H,1-12,18H2. The lowest BCUT2D eigenvalue weighted by Gasteiger charge is -2.29. The fraction of sp³-hybridized carbons (Fsp3) is 0.941. The van der Waals surface area contributed by atoms with Gasteiger partial charge in [0, 0.05) is 32.1 Å². The van der Waals surface area contributed by atoms with Gasteiger partial charge in [-0.15, -0.1) is 0 Å². The van der Waals surface area contributed by atoms with Gasteiger partial charge in [-0.25, -0.2) is 0 Å². The molecule has 3 rings (SSSR count). The van der Waals surface area contributed by atoms with Crippen molar-refractivity contribution in [2.24, 2.45) is 23.5 Å². The molecule has 0 aromatic heterocycles. The summed E-state index contributed by atoms with van der Waals surface area (Å²) in [6.45, 7) is 3.54. The number of hydrogen-bond donors (Lipinski definition) is 2. The normalized spacial score (nSPS) is 24.4. The third-order valence-electron chi connectivity index (χ3n) is 5.51. The maximum Gasteiger partial charge on any atom is 0.224 e. The first kappa shape index (κ1) is 15.3. The Balaban J connectivity index is 1.42. The second-order valence-electron chi connectivity index (χ2n) is 7.33. The van der Waals surface area contributed by atoms with E-state index in [1.165, 1.54) is 32.1 Å². The van der Waals surface area contributed by atoms with Crippen molar-refractivity contribution in [1.82, 2.24) is 10.2 Å². The van der Waals surface area contributed by atoms with E-state index in [9.17, 15) is 4.79 Å². The average molecular weight is 293 g/mol. The molecule has 0 bridgehead atoms. The molecule has 1 saturated heterocycles. The van der Waals surface area contributed by atoms with Crippen LogP contribution in [0.25, 0.3) is 0 Å². The predicted octanol–water partition coefficient (Wildman–Crippen LogP) is 1.74. The zero-order valence-corrected chi connectivity index (χ0v) is 13.2. The Labute approximate surface area is 128 Å². The second kappa shape index (κ2) is 7.10. The monoisotopic (exact) mass is 293 g/mol. The third kappa shape index (κ3) is 4.43. The lowest BCUT2D eigenvalue weighted by Crippen LogP contribution is -2.45. The minimum Gasteiger partial charge on any atom is -0.343 e. The highest BCUT2D eigenvalue weighted by molar-refractivity contribution is 5.76. The summed E-state index contributed by atoms with van der Waals surface area (Å²) in [5.41, 5.74) is 5.89. The van der Waals surface area contributed by atoms with Crippen LogP contribution in [0.3, 0.4) is 0 Å². The lowest BCUT2D eigenvalue weighted by molar-refractivity contribution is -0.132. The maximum absolute atomic E-state index is 12.3. The number of carbonyl (C=O) groups is 1. The predicted molar refractivity (Wildman–Crippen MR) is 84.8 cm³/mol. The van der Waals surface area contributed by atoms with Gasteiger partial charge in [0.25, 0.3) is 0 Å². The van der Waals surface area contributed by atoms with Crippen LogP contribution in [0.1, 0.15) is 51.4 Å². The second-order valence-corrected chi connectivity index (χ2v) is 7.33. The smallest absolute Gasteiger partial charge is 0.224 e. The molecule has 21 heavy (non-hydrogen) atoms. The quantitative estimate of drug-likeness (QED) is 0.717. The van der Waals surface area contributed by atoms with Crippen LogP contribution in [0.5, 0.6) is 0 Å². The Bertz CT molecular complexity index is 334. The molecule has 1 atom stereocenters. The highest BCUT2D eigenvalue weighted by Gasteiger charge is 2.41. The van der Waals surface area contributed by atoms with Gasteiger partial charge in [0.05, 0.1) is 0 Å². The summed E-state index contributed by atoms with van der Waals surface area (Å²) in [5.74, 6) is 3.07. The Morgan fingerprint density at radius 2 is 1.71 bits per heavy atom. The molecule has 2 aliphatic carbocycles. The van der Waals surface area contributed by atoms with E-state index in [1.54, 1.807) is 0 Å². The number of rotatable bonds is 8. The average Bonchev–Trinajstić information content (AvgIpc) is 3.39. The molecule has 0 spiro atoms. The highest BCUT2D eigenvalue weighted by Crippen LogP contribution is 2.48. The number of carbonyl (C=O) groups excluding carboxylic acids is 1. The Morgan fingerprint density at radius 3 is 2.24 bits per heavy atom. The summed E-state index contributed by atoms with van der Waals surface area (Å²) in [6.07, 6.45) is 9.86. The first-order valence-corrected chi connectivity index (χ1v) is 8.99. The van der Waals surface area contributed by atoms with Gasteiger partial charge in [0.1, 0.15) is 0 Å². The Hall–Kier alpha value is -0.610. The van der Waals surface area contributed by atoms with Gasteiger partial charge >= 0.3 is 0 Å². The summed E-state index contributed by atoms with van der Waals surface area (Å²) in [4.78, 5) is 14.4. The zero-order chi connectivity index (χ0) is 14.7. The summed E-state index contributed by atoms with van der Waals surface area (Å²) >= 11 is 0. The zero-order valence-electron chi connectivity index (χ0n) is 13.2. The molecule has 0 aromatic rings. The van der Waals surface area contributed by atoms with Crippen LogP contribution in [0.4, 0.5) is 0 Å². The van der Waals surface area contributed by atoms with Crippen LogP contribution in [-0.4, -0.2) is 43.0 Å². The fourth-order valence-corrected chi connectivity index (χ4v) is 3.79. The molecule has 3 fully saturated rings. The van der Waals surface area contributed by atoms with Crippen molar-refractivity contribution in [2.75, 3.05) is 26.2 Å². The van der Waals surface area contributed by atoms with Gasteiger partial charge in [-0.2, -0.15) is 0 Å². The number of amides is 1. The first-order valence-electron chi connectivity index (χ1n) is 8.99. The van der Waals surface area contributed by atoms with Crippen LogP contribution in [0.15, 0.2) is 0 Å². The molecule has 4 nitrogen and oxygen atoms in total. The van der Waals surface area contributed by atoms with Gasteiger partial charge in [-0.1, -0.05) is 0 Å². The van der Waals surface area contributed by atoms with E-state index in [1.807, 2.05) is 4.90 Å². The van der Waals surface area contributed by atoms with Crippen LogP contribution in [0, 0.1) is 17.8 Å². The third-order valence-corrected chi connectivity index (χ3v) is 5.51. The van der Waals surface area contributed by atoms with E-state index in [0.29, 0.717) is 18.9 Å². The van der Waals surface area contributed by atoms with Crippen molar-refractivity contribution < 1.29 is 4.79 Å². The van der Waals surface area contributed by atoms with Gasteiger partial charge in [0.2, 0.25) is 5.91 Å². The van der Waals surface area contributed by atoms with E-state index in [-0.39, 0.29) is 6.04 Å². The molecule has 1 amide bonds. The fourth-order valence-electron chi connectivity index (χ4n) is 3.79. The van der Waals surface area contributed by atoms with Crippen LogP contribution < -0.4 is 11.1 Å². The molecule has 0 radical (unpaired) electrons. The Morgan fingerprint density at radius 1 is 1.10 bits per heavy atom. The summed E-state index contributed by atoms with van der Waals surface area (Å²) in [6, 6.07) is 0.166. The highest BCUT2D eigenvalue weighted by atomic mass is 16.2. The molecular formula is C17H31N3O. The van der Waals surface area contributed by atoms with Crippen molar-refractivity contribution in [3.63, 3.8) is 0 Å². The van der Waals surface area contributed by atoms with Gasteiger partial charge < -0.3 is 16.0 Å². The van der Waals surface area contributed by atoms with Crippen molar-refractivity contribution in [3.05, 3.63) is 0 Å². The minimum atomic E-state index is 0.166. The molecule has 1 aliphatic heterocycles. The van der Waals surface area contributed by atoms with Crippen molar-refractivity contribution in [2.45, 2.75) is 57.4 Å². The largest absolute Gasteiger partial charge is 0.343 e. The molecule has 120 valence electrons. The van der Waals surface area contributed by atoms with Crippen molar-refractivity contribution >= 4 is 5.91 Å². The van der Waals surface area contributed by atoms with E-state index in [4.69, 9.17) is 5.73 Å². The van der Waals surface area contributed by atoms with Gasteiger partial charge in [-0.05, 0) is 69.2 Å². The molecule has 1 unspecified atom stereocenters. The topological polar surface area (TPSA) is 58.4 Å². The maximum atomic E-state index is 12.3. The molecule has 2 saturated carbocycles. The lowest BCUT2D eigenvalue weighted by atomic mass is 9.97. The van der Waals surface area contributed by atoms with E-state index in [0.717, 1.165) is 50.2 Å². The number of hydrogen-bond acceptors (Lipinski definition) is 3. The van der Waals surface area contributed by atoms with E-state index >= 15 is 0 Å². The first-order chi connectivity index (χ1) is 10.3.